The molecule has 0 fully saturated rings. The number of rotatable bonds is 6. The number of anilines is 1. The Kier molecular flexibility index (Phi) is 5.50. The van der Waals surface area contributed by atoms with E-state index >= 15 is 0 Å². The van der Waals surface area contributed by atoms with E-state index in [9.17, 15) is 8.78 Å². The molecule has 1 aromatic rings. The molecular weight excluding hydrogens is 238 g/mol. The zero-order chi connectivity index (χ0) is 13.7. The van der Waals surface area contributed by atoms with E-state index in [4.69, 9.17) is 5.11 Å². The van der Waals surface area contributed by atoms with Crippen LogP contribution >= 0.6 is 0 Å². The smallest absolute Gasteiger partial charge is 0.149 e. The van der Waals surface area contributed by atoms with Gasteiger partial charge >= 0.3 is 0 Å². The highest BCUT2D eigenvalue weighted by atomic mass is 19.1. The summed E-state index contributed by atoms with van der Waals surface area (Å²) in [6.07, 6.45) is 0.824. The molecule has 0 unspecified atom stereocenters. The average Bonchev–Trinajstić information content (AvgIpc) is 2.27. The summed E-state index contributed by atoms with van der Waals surface area (Å²) in [6.45, 7) is 1.07. The van der Waals surface area contributed by atoms with E-state index in [-0.39, 0.29) is 17.9 Å². The molecule has 0 saturated carbocycles. The minimum Gasteiger partial charge on any atom is -0.392 e. The van der Waals surface area contributed by atoms with Gasteiger partial charge in [-0.05, 0) is 44.8 Å². The Morgan fingerprint density at radius 2 is 1.61 bits per heavy atom. The van der Waals surface area contributed by atoms with E-state index in [0.29, 0.717) is 6.54 Å². The van der Waals surface area contributed by atoms with Crippen molar-refractivity contribution in [2.24, 2.45) is 0 Å². The number of benzene rings is 1. The Balaban J connectivity index is 2.76. The monoisotopic (exact) mass is 258 g/mol. The standard InChI is InChI=1S/C13H20F2N2O/c1-16(2)5-4-6-17(3)13-11(14)7-10(9-18)8-12(13)15/h7-8,18H,4-6,9H2,1-3H3. The van der Waals surface area contributed by atoms with Crippen molar-refractivity contribution in [2.45, 2.75) is 13.0 Å². The number of hydrogen-bond donors (Lipinski definition) is 1. The van der Waals surface area contributed by atoms with Gasteiger partial charge in [0.25, 0.3) is 0 Å². The van der Waals surface area contributed by atoms with Crippen LogP contribution in [0.4, 0.5) is 14.5 Å². The van der Waals surface area contributed by atoms with Gasteiger partial charge in [-0.25, -0.2) is 8.78 Å². The van der Waals surface area contributed by atoms with Crippen LogP contribution in [0.3, 0.4) is 0 Å². The number of aliphatic hydroxyl groups is 1. The predicted molar refractivity (Wildman–Crippen MR) is 68.7 cm³/mol. The molecule has 0 aliphatic heterocycles. The van der Waals surface area contributed by atoms with Crippen molar-refractivity contribution in [3.8, 4) is 0 Å². The van der Waals surface area contributed by atoms with Gasteiger partial charge in [-0.1, -0.05) is 0 Å². The van der Waals surface area contributed by atoms with Crippen LogP contribution in [0, 0.1) is 11.6 Å². The van der Waals surface area contributed by atoms with Gasteiger partial charge in [0, 0.05) is 13.6 Å². The first kappa shape index (κ1) is 14.9. The van der Waals surface area contributed by atoms with Crippen LogP contribution in [0.15, 0.2) is 12.1 Å². The maximum atomic E-state index is 13.7. The van der Waals surface area contributed by atoms with Gasteiger partial charge in [-0.2, -0.15) is 0 Å². The highest BCUT2D eigenvalue weighted by molar-refractivity contribution is 5.50. The molecule has 0 saturated heterocycles. The molecule has 0 amide bonds. The first-order valence-corrected chi connectivity index (χ1v) is 5.90. The second-order valence-corrected chi connectivity index (χ2v) is 4.64. The largest absolute Gasteiger partial charge is 0.392 e. The van der Waals surface area contributed by atoms with E-state index < -0.39 is 11.6 Å². The maximum Gasteiger partial charge on any atom is 0.149 e. The van der Waals surface area contributed by atoms with Crippen molar-refractivity contribution in [1.82, 2.24) is 4.90 Å². The molecular formula is C13H20F2N2O. The van der Waals surface area contributed by atoms with Gasteiger partial charge < -0.3 is 14.9 Å². The van der Waals surface area contributed by atoms with E-state index in [0.717, 1.165) is 13.0 Å². The molecule has 0 aromatic heterocycles. The summed E-state index contributed by atoms with van der Waals surface area (Å²) in [5.41, 5.74) is 0.210. The Bertz CT molecular complexity index is 374. The van der Waals surface area contributed by atoms with Crippen LogP contribution in [0.1, 0.15) is 12.0 Å². The van der Waals surface area contributed by atoms with E-state index in [2.05, 4.69) is 0 Å². The minimum atomic E-state index is -0.633. The molecule has 5 heteroatoms. The lowest BCUT2D eigenvalue weighted by Gasteiger charge is -2.22. The number of aliphatic hydroxyl groups excluding tert-OH is 1. The Morgan fingerprint density at radius 1 is 1.06 bits per heavy atom. The third kappa shape index (κ3) is 3.92. The molecule has 0 aliphatic rings. The molecule has 0 bridgehead atoms. The van der Waals surface area contributed by atoms with E-state index in [1.807, 2.05) is 19.0 Å². The Hall–Kier alpha value is -1.20. The Morgan fingerprint density at radius 3 is 2.06 bits per heavy atom. The van der Waals surface area contributed by atoms with Crippen LogP contribution in [0.5, 0.6) is 0 Å². The summed E-state index contributed by atoms with van der Waals surface area (Å²) in [4.78, 5) is 3.59. The van der Waals surface area contributed by atoms with Crippen LogP contribution < -0.4 is 4.90 Å². The summed E-state index contributed by atoms with van der Waals surface area (Å²) in [5.74, 6) is -1.27. The second kappa shape index (κ2) is 6.66. The molecule has 0 radical (unpaired) electrons. The Labute approximate surface area is 107 Å². The third-order valence-electron chi connectivity index (χ3n) is 2.74. The topological polar surface area (TPSA) is 26.7 Å². The molecule has 1 N–H and O–H groups in total. The van der Waals surface area contributed by atoms with Crippen molar-refractivity contribution in [3.63, 3.8) is 0 Å². The quantitative estimate of drug-likeness (QED) is 0.843. The fourth-order valence-corrected chi connectivity index (χ4v) is 1.81. The lowest BCUT2D eigenvalue weighted by Crippen LogP contribution is -2.25. The molecule has 3 nitrogen and oxygen atoms in total. The molecule has 0 atom stereocenters. The van der Waals surface area contributed by atoms with E-state index in [1.54, 1.807) is 11.9 Å². The zero-order valence-electron chi connectivity index (χ0n) is 11.1. The molecule has 102 valence electrons. The lowest BCUT2D eigenvalue weighted by molar-refractivity contribution is 0.280. The van der Waals surface area contributed by atoms with Gasteiger partial charge in [0.15, 0.2) is 0 Å². The van der Waals surface area contributed by atoms with Crippen molar-refractivity contribution in [1.29, 1.82) is 0 Å². The van der Waals surface area contributed by atoms with Crippen LogP contribution in [0.25, 0.3) is 0 Å². The summed E-state index contributed by atoms with van der Waals surface area (Å²) in [5, 5.41) is 8.87. The fourth-order valence-electron chi connectivity index (χ4n) is 1.81. The maximum absolute atomic E-state index is 13.7. The van der Waals surface area contributed by atoms with Gasteiger partial charge in [0.2, 0.25) is 0 Å². The van der Waals surface area contributed by atoms with Crippen LogP contribution in [-0.4, -0.2) is 44.2 Å². The first-order valence-electron chi connectivity index (χ1n) is 5.90. The number of hydrogen-bond acceptors (Lipinski definition) is 3. The molecule has 1 aromatic carbocycles. The first-order chi connectivity index (χ1) is 8.45. The normalized spacial score (nSPS) is 11.1. The van der Waals surface area contributed by atoms with Crippen molar-refractivity contribution in [3.05, 3.63) is 29.3 Å². The second-order valence-electron chi connectivity index (χ2n) is 4.64. The number of halogens is 2. The highest BCUT2D eigenvalue weighted by Gasteiger charge is 2.14. The fraction of sp³-hybridized carbons (Fsp3) is 0.538. The average molecular weight is 258 g/mol. The summed E-state index contributed by atoms with van der Waals surface area (Å²) >= 11 is 0. The summed E-state index contributed by atoms with van der Waals surface area (Å²) in [7, 11) is 5.57. The predicted octanol–water partition coefficient (Wildman–Crippen LogP) is 1.84. The van der Waals surface area contributed by atoms with Gasteiger partial charge in [0.05, 0.1) is 6.61 Å². The molecule has 0 spiro atoms. The summed E-state index contributed by atoms with van der Waals surface area (Å²) < 4.78 is 27.5. The minimum absolute atomic E-state index is 0.0362. The number of nitrogens with zero attached hydrogens (tertiary/aromatic N) is 2. The van der Waals surface area contributed by atoms with Crippen molar-refractivity contribution >= 4 is 5.69 Å². The van der Waals surface area contributed by atoms with Gasteiger partial charge in [-0.15, -0.1) is 0 Å². The van der Waals surface area contributed by atoms with Crippen LogP contribution in [-0.2, 0) is 6.61 Å². The SMILES string of the molecule is CN(C)CCCN(C)c1c(F)cc(CO)cc1F. The zero-order valence-corrected chi connectivity index (χ0v) is 11.1. The van der Waals surface area contributed by atoms with Gasteiger partial charge in [-0.3, -0.25) is 0 Å². The molecule has 0 aliphatic carbocycles. The molecule has 1 rings (SSSR count). The van der Waals surface area contributed by atoms with Gasteiger partial charge in [0.1, 0.15) is 17.3 Å². The van der Waals surface area contributed by atoms with Crippen molar-refractivity contribution in [2.75, 3.05) is 39.1 Å². The van der Waals surface area contributed by atoms with E-state index in [1.165, 1.54) is 12.1 Å². The highest BCUT2D eigenvalue weighted by Crippen LogP contribution is 2.24. The van der Waals surface area contributed by atoms with Crippen LogP contribution in [0.2, 0.25) is 0 Å². The summed E-state index contributed by atoms with van der Waals surface area (Å²) in [6, 6.07) is 2.34. The van der Waals surface area contributed by atoms with Crippen molar-refractivity contribution < 1.29 is 13.9 Å². The lowest BCUT2D eigenvalue weighted by atomic mass is 10.2. The third-order valence-corrected chi connectivity index (χ3v) is 2.74. The molecule has 0 heterocycles. The molecule has 18 heavy (non-hydrogen) atoms.